The van der Waals surface area contributed by atoms with E-state index in [0.29, 0.717) is 16.5 Å². The molecule has 3 aromatic rings. The van der Waals surface area contributed by atoms with Crippen molar-refractivity contribution in [1.29, 1.82) is 0 Å². The zero-order valence-corrected chi connectivity index (χ0v) is 21.9. The summed E-state index contributed by atoms with van der Waals surface area (Å²) >= 11 is 6.24. The van der Waals surface area contributed by atoms with Gasteiger partial charge in [-0.15, -0.1) is 5.10 Å². The van der Waals surface area contributed by atoms with E-state index in [1.807, 2.05) is 25.1 Å². The first-order valence-electron chi connectivity index (χ1n) is 12.7. The zero-order valence-electron chi connectivity index (χ0n) is 21.2. The number of carbonyl (C=O) groups excluding carboxylic acids is 1. The van der Waals surface area contributed by atoms with Gasteiger partial charge in [-0.05, 0) is 63.3 Å². The SMILES string of the molecule is C=C(O)C1(c2ccc(N3CCC(n4nnc(C)c4NC(=O)O[C@H](C)c4ccccc4Cl)CC3)cc2)CC1. The molecular weight excluding hydrogens is 490 g/mol. The number of piperidine rings is 1. The number of amides is 1. The van der Waals surface area contributed by atoms with Crippen LogP contribution in [0.1, 0.15) is 61.6 Å². The summed E-state index contributed by atoms with van der Waals surface area (Å²) in [6, 6.07) is 15.9. The molecule has 0 radical (unpaired) electrons. The molecule has 1 saturated heterocycles. The van der Waals surface area contributed by atoms with E-state index in [2.05, 4.69) is 51.4 Å². The molecule has 0 spiro atoms. The van der Waals surface area contributed by atoms with E-state index in [1.165, 1.54) is 0 Å². The van der Waals surface area contributed by atoms with Gasteiger partial charge in [0.25, 0.3) is 0 Å². The third-order valence-electron chi connectivity index (χ3n) is 7.61. The van der Waals surface area contributed by atoms with Crippen molar-refractivity contribution < 1.29 is 14.6 Å². The van der Waals surface area contributed by atoms with E-state index in [9.17, 15) is 9.90 Å². The molecule has 8 nitrogen and oxygen atoms in total. The second kappa shape index (κ2) is 10.1. The molecule has 0 bridgehead atoms. The highest BCUT2D eigenvalue weighted by molar-refractivity contribution is 6.31. The lowest BCUT2D eigenvalue weighted by molar-refractivity contribution is 0.121. The standard InChI is InChI=1S/C28H32ClN5O3/c1-18-26(30-27(36)37-19(2)24-6-4-5-7-25(24)29)34(32-31-18)23-12-16-33(17-13-23)22-10-8-21(9-11-22)28(14-15-28)20(3)35/h4-11,19,23,35H,3,12-17H2,1-2H3,(H,30,36)/t19-/m1/s1. The fourth-order valence-corrected chi connectivity index (χ4v) is 5.45. The molecule has 194 valence electrons. The molecule has 1 saturated carbocycles. The van der Waals surface area contributed by atoms with Crippen molar-refractivity contribution in [3.8, 4) is 0 Å². The molecule has 1 atom stereocenters. The molecule has 1 aliphatic heterocycles. The number of rotatable bonds is 7. The average molecular weight is 522 g/mol. The Hall–Kier alpha value is -3.52. The van der Waals surface area contributed by atoms with Crippen molar-refractivity contribution in [2.24, 2.45) is 0 Å². The summed E-state index contributed by atoms with van der Waals surface area (Å²) in [6.45, 7) is 9.08. The van der Waals surface area contributed by atoms with Crippen molar-refractivity contribution in [1.82, 2.24) is 15.0 Å². The Morgan fingerprint density at radius 2 is 1.86 bits per heavy atom. The molecule has 2 aliphatic rings. The monoisotopic (exact) mass is 521 g/mol. The van der Waals surface area contributed by atoms with Crippen LogP contribution >= 0.6 is 11.6 Å². The van der Waals surface area contributed by atoms with Gasteiger partial charge in [-0.1, -0.05) is 53.7 Å². The third kappa shape index (κ3) is 5.03. The Kier molecular flexibility index (Phi) is 6.86. The molecular formula is C28H32ClN5O3. The average Bonchev–Trinajstić information content (AvgIpc) is 3.64. The fraction of sp³-hybridized carbons (Fsp3) is 0.393. The number of carbonyl (C=O) groups is 1. The maximum atomic E-state index is 12.7. The normalized spacial score (nSPS) is 17.8. The van der Waals surface area contributed by atoms with Crippen LogP contribution in [0.4, 0.5) is 16.3 Å². The van der Waals surface area contributed by atoms with Gasteiger partial charge in [0.1, 0.15) is 11.8 Å². The summed E-state index contributed by atoms with van der Waals surface area (Å²) in [4.78, 5) is 15.1. The summed E-state index contributed by atoms with van der Waals surface area (Å²) < 4.78 is 7.39. The minimum absolute atomic E-state index is 0.112. The molecule has 2 aromatic carbocycles. The smallest absolute Gasteiger partial charge is 0.413 e. The van der Waals surface area contributed by atoms with Crippen LogP contribution in [0.25, 0.3) is 0 Å². The van der Waals surface area contributed by atoms with Gasteiger partial charge in [-0.3, -0.25) is 5.32 Å². The predicted octanol–water partition coefficient (Wildman–Crippen LogP) is 6.49. The van der Waals surface area contributed by atoms with E-state index in [0.717, 1.165) is 55.6 Å². The second-order valence-corrected chi connectivity index (χ2v) is 10.4. The summed E-state index contributed by atoms with van der Waals surface area (Å²) in [5.74, 6) is 0.814. The highest BCUT2D eigenvalue weighted by atomic mass is 35.5. The van der Waals surface area contributed by atoms with E-state index >= 15 is 0 Å². The van der Waals surface area contributed by atoms with Crippen LogP contribution in [0.5, 0.6) is 0 Å². The maximum Gasteiger partial charge on any atom is 0.413 e. The Morgan fingerprint density at radius 1 is 1.19 bits per heavy atom. The molecule has 5 rings (SSSR count). The van der Waals surface area contributed by atoms with Gasteiger partial charge in [-0.2, -0.15) is 0 Å². The van der Waals surface area contributed by atoms with Crippen molar-refractivity contribution in [3.05, 3.63) is 82.7 Å². The number of aromatic nitrogens is 3. The predicted molar refractivity (Wildman–Crippen MR) is 144 cm³/mol. The molecule has 1 aromatic heterocycles. The Morgan fingerprint density at radius 3 is 2.49 bits per heavy atom. The Bertz CT molecular complexity index is 1290. The Labute approximate surface area is 221 Å². The number of nitrogens with zero attached hydrogens (tertiary/aromatic N) is 4. The first-order valence-corrected chi connectivity index (χ1v) is 13.0. The lowest BCUT2D eigenvalue weighted by Crippen LogP contribution is -2.35. The van der Waals surface area contributed by atoms with Gasteiger partial charge in [0.2, 0.25) is 0 Å². The van der Waals surface area contributed by atoms with E-state index in [-0.39, 0.29) is 17.2 Å². The topological polar surface area (TPSA) is 92.5 Å². The second-order valence-electron chi connectivity index (χ2n) is 9.96. The van der Waals surface area contributed by atoms with Gasteiger partial charge in [0.05, 0.1) is 17.2 Å². The number of aliphatic hydroxyl groups is 1. The van der Waals surface area contributed by atoms with Crippen LogP contribution in [0.15, 0.2) is 60.9 Å². The molecule has 2 N–H and O–H groups in total. The molecule has 37 heavy (non-hydrogen) atoms. The van der Waals surface area contributed by atoms with Crippen molar-refractivity contribution in [2.75, 3.05) is 23.3 Å². The minimum Gasteiger partial charge on any atom is -0.512 e. The Balaban J connectivity index is 1.20. The van der Waals surface area contributed by atoms with E-state index in [1.54, 1.807) is 17.7 Å². The number of benzene rings is 2. The maximum absolute atomic E-state index is 12.7. The molecule has 1 amide bonds. The highest BCUT2D eigenvalue weighted by Gasteiger charge is 2.47. The summed E-state index contributed by atoms with van der Waals surface area (Å²) in [5.41, 5.74) is 3.43. The first kappa shape index (κ1) is 25.1. The number of allylic oxidation sites excluding steroid dienone is 1. The van der Waals surface area contributed by atoms with Gasteiger partial charge in [-0.25, -0.2) is 9.48 Å². The van der Waals surface area contributed by atoms with Crippen LogP contribution in [-0.4, -0.2) is 39.3 Å². The molecule has 0 unspecified atom stereocenters. The summed E-state index contributed by atoms with van der Waals surface area (Å²) in [5, 5.41) is 21.9. The van der Waals surface area contributed by atoms with Crippen LogP contribution in [0.2, 0.25) is 5.02 Å². The van der Waals surface area contributed by atoms with Crippen molar-refractivity contribution >= 4 is 29.2 Å². The first-order chi connectivity index (χ1) is 17.8. The number of aryl methyl sites for hydroxylation is 1. The van der Waals surface area contributed by atoms with E-state index in [4.69, 9.17) is 16.3 Å². The van der Waals surface area contributed by atoms with Crippen molar-refractivity contribution in [2.45, 2.75) is 57.1 Å². The lowest BCUT2D eigenvalue weighted by atomic mass is 9.94. The van der Waals surface area contributed by atoms with Gasteiger partial charge >= 0.3 is 6.09 Å². The number of anilines is 2. The highest BCUT2D eigenvalue weighted by Crippen LogP contribution is 2.52. The van der Waals surface area contributed by atoms with Crippen LogP contribution in [-0.2, 0) is 10.2 Å². The number of hydrogen-bond donors (Lipinski definition) is 2. The summed E-state index contributed by atoms with van der Waals surface area (Å²) in [6.07, 6.45) is 2.55. The zero-order chi connectivity index (χ0) is 26.2. The number of ether oxygens (including phenoxy) is 1. The number of aliphatic hydroxyl groups excluding tert-OH is 1. The van der Waals surface area contributed by atoms with Crippen LogP contribution in [0, 0.1) is 6.92 Å². The molecule has 2 fully saturated rings. The number of halogens is 1. The van der Waals surface area contributed by atoms with Crippen LogP contribution < -0.4 is 10.2 Å². The van der Waals surface area contributed by atoms with Crippen molar-refractivity contribution in [3.63, 3.8) is 0 Å². The molecule has 9 heteroatoms. The van der Waals surface area contributed by atoms with E-state index < -0.39 is 12.2 Å². The molecule has 1 aliphatic carbocycles. The quantitative estimate of drug-likeness (QED) is 0.345. The molecule has 2 heterocycles. The minimum atomic E-state index is -0.574. The summed E-state index contributed by atoms with van der Waals surface area (Å²) in [7, 11) is 0. The van der Waals surface area contributed by atoms with Gasteiger partial charge in [0.15, 0.2) is 5.82 Å². The fourth-order valence-electron chi connectivity index (χ4n) is 5.16. The van der Waals surface area contributed by atoms with Gasteiger partial charge < -0.3 is 14.7 Å². The number of nitrogens with one attached hydrogen (secondary N) is 1. The van der Waals surface area contributed by atoms with Crippen LogP contribution in [0.3, 0.4) is 0 Å². The lowest BCUT2D eigenvalue weighted by Gasteiger charge is -2.34. The largest absolute Gasteiger partial charge is 0.512 e. The van der Waals surface area contributed by atoms with Gasteiger partial charge in [0, 0.05) is 29.4 Å². The third-order valence-corrected chi connectivity index (χ3v) is 7.95. The number of hydrogen-bond acceptors (Lipinski definition) is 6.